The van der Waals surface area contributed by atoms with E-state index >= 15 is 0 Å². The van der Waals surface area contributed by atoms with Crippen molar-refractivity contribution in [1.29, 1.82) is 0 Å². The number of nitrogens with one attached hydrogen (secondary N) is 2. The van der Waals surface area contributed by atoms with E-state index in [1.54, 1.807) is 12.4 Å². The Bertz CT molecular complexity index is 1280. The van der Waals surface area contributed by atoms with Crippen LogP contribution in [0.2, 0.25) is 0 Å². The number of alkyl halides is 3. The van der Waals surface area contributed by atoms with Crippen molar-refractivity contribution in [3.8, 4) is 11.3 Å². The van der Waals surface area contributed by atoms with Gasteiger partial charge in [-0.25, -0.2) is 15.0 Å². The second-order valence-corrected chi connectivity index (χ2v) is 8.45. The number of hydrogen-bond acceptors (Lipinski definition) is 5. The van der Waals surface area contributed by atoms with Crippen LogP contribution >= 0.6 is 0 Å². The van der Waals surface area contributed by atoms with Crippen molar-refractivity contribution in [1.82, 2.24) is 29.5 Å². The molecule has 4 aromatic rings. The molecule has 0 radical (unpaired) electrons. The van der Waals surface area contributed by atoms with Gasteiger partial charge in [-0.1, -0.05) is 0 Å². The van der Waals surface area contributed by atoms with Crippen molar-refractivity contribution in [2.45, 2.75) is 45.8 Å². The summed E-state index contributed by atoms with van der Waals surface area (Å²) in [4.78, 5) is 21.1. The van der Waals surface area contributed by atoms with E-state index in [-0.39, 0.29) is 31.4 Å². The number of aromatic nitrogens is 6. The van der Waals surface area contributed by atoms with Gasteiger partial charge >= 0.3 is 6.18 Å². The normalized spacial score (nSPS) is 15.8. The molecule has 0 aromatic carbocycles. The summed E-state index contributed by atoms with van der Waals surface area (Å²) < 4.78 is 41.5. The maximum atomic E-state index is 13.1. The molecule has 31 heavy (non-hydrogen) atoms. The summed E-state index contributed by atoms with van der Waals surface area (Å²) in [6.45, 7) is 5.91. The standard InChI is InChI=1S/C21H22F3N7/c1-11(2)31-12(3)28-16-5-4-15(29-18(16)31)13-8-25-17-14(13)9-26-19(30-17)27-10-20(6-7-20)21(22,23)24/h4-5,8-9,11H,6-7,10H2,1-3H3,(H2,25,26,27,30). The van der Waals surface area contributed by atoms with Crippen LogP contribution in [-0.4, -0.2) is 42.2 Å². The van der Waals surface area contributed by atoms with Crippen LogP contribution in [0.25, 0.3) is 33.5 Å². The van der Waals surface area contributed by atoms with Gasteiger partial charge in [0.2, 0.25) is 5.95 Å². The Balaban J connectivity index is 1.46. The van der Waals surface area contributed by atoms with Gasteiger partial charge in [-0.3, -0.25) is 0 Å². The van der Waals surface area contributed by atoms with Crippen molar-refractivity contribution in [3.05, 3.63) is 30.4 Å². The molecular formula is C21H22F3N7. The number of hydrogen-bond donors (Lipinski definition) is 2. The third-order valence-corrected chi connectivity index (χ3v) is 5.98. The first-order chi connectivity index (χ1) is 14.7. The van der Waals surface area contributed by atoms with E-state index in [1.807, 2.05) is 19.1 Å². The second-order valence-electron chi connectivity index (χ2n) is 8.45. The van der Waals surface area contributed by atoms with Crippen LogP contribution in [0.5, 0.6) is 0 Å². The van der Waals surface area contributed by atoms with Gasteiger partial charge in [-0.05, 0) is 45.7 Å². The number of halogens is 3. The molecule has 1 aliphatic carbocycles. The van der Waals surface area contributed by atoms with Crippen molar-refractivity contribution >= 4 is 28.1 Å². The lowest BCUT2D eigenvalue weighted by atomic mass is 10.1. The van der Waals surface area contributed by atoms with E-state index in [0.29, 0.717) is 5.65 Å². The fourth-order valence-corrected chi connectivity index (χ4v) is 4.02. The number of anilines is 1. The third kappa shape index (κ3) is 3.21. The van der Waals surface area contributed by atoms with Crippen LogP contribution in [0.3, 0.4) is 0 Å². The average Bonchev–Trinajstić information content (AvgIpc) is 3.29. The smallest absolute Gasteiger partial charge is 0.353 e. The monoisotopic (exact) mass is 429 g/mol. The highest BCUT2D eigenvalue weighted by Gasteiger charge is 2.62. The summed E-state index contributed by atoms with van der Waals surface area (Å²) in [5.41, 5.74) is 2.10. The number of nitrogens with zero attached hydrogens (tertiary/aromatic N) is 5. The molecule has 0 saturated heterocycles. The van der Waals surface area contributed by atoms with E-state index in [1.165, 1.54) is 0 Å². The predicted molar refractivity (Wildman–Crippen MR) is 112 cm³/mol. The molecule has 1 aliphatic rings. The number of pyridine rings is 1. The Morgan fingerprint density at radius 3 is 2.65 bits per heavy atom. The van der Waals surface area contributed by atoms with E-state index in [9.17, 15) is 13.2 Å². The number of fused-ring (bicyclic) bond motifs is 2. The zero-order valence-electron chi connectivity index (χ0n) is 17.4. The number of rotatable bonds is 5. The summed E-state index contributed by atoms with van der Waals surface area (Å²) >= 11 is 0. The molecule has 5 rings (SSSR count). The quantitative estimate of drug-likeness (QED) is 0.466. The first-order valence-electron chi connectivity index (χ1n) is 10.2. The molecule has 0 spiro atoms. The van der Waals surface area contributed by atoms with Crippen molar-refractivity contribution in [2.75, 3.05) is 11.9 Å². The lowest BCUT2D eigenvalue weighted by Gasteiger charge is -2.19. The molecular weight excluding hydrogens is 407 g/mol. The second kappa shape index (κ2) is 6.66. The van der Waals surface area contributed by atoms with Crippen molar-refractivity contribution in [3.63, 3.8) is 0 Å². The number of aromatic amines is 1. The van der Waals surface area contributed by atoms with Gasteiger partial charge in [-0.2, -0.15) is 18.2 Å². The molecule has 1 fully saturated rings. The highest BCUT2D eigenvalue weighted by Crippen LogP contribution is 2.57. The fraction of sp³-hybridized carbons (Fsp3) is 0.429. The Kier molecular flexibility index (Phi) is 4.25. The highest BCUT2D eigenvalue weighted by molar-refractivity contribution is 5.93. The summed E-state index contributed by atoms with van der Waals surface area (Å²) in [6, 6.07) is 4.05. The molecule has 4 heterocycles. The van der Waals surface area contributed by atoms with Gasteiger partial charge in [0, 0.05) is 35.9 Å². The molecule has 1 saturated carbocycles. The van der Waals surface area contributed by atoms with E-state index < -0.39 is 11.6 Å². The van der Waals surface area contributed by atoms with Gasteiger partial charge in [0.15, 0.2) is 5.65 Å². The molecule has 162 valence electrons. The van der Waals surface area contributed by atoms with Crippen LogP contribution in [-0.2, 0) is 0 Å². The Morgan fingerprint density at radius 2 is 1.97 bits per heavy atom. The van der Waals surface area contributed by atoms with E-state index in [4.69, 9.17) is 4.98 Å². The Hall–Kier alpha value is -3.17. The first kappa shape index (κ1) is 19.8. The molecule has 0 amide bonds. The van der Waals surface area contributed by atoms with Gasteiger partial charge in [0.05, 0.1) is 11.1 Å². The van der Waals surface area contributed by atoms with E-state index in [0.717, 1.165) is 33.6 Å². The van der Waals surface area contributed by atoms with Gasteiger partial charge in [-0.15, -0.1) is 0 Å². The SMILES string of the molecule is Cc1nc2ccc(-c3c[nH]c4nc(NCC5(C(F)(F)F)CC5)ncc34)nc2n1C(C)C. The lowest BCUT2D eigenvalue weighted by Crippen LogP contribution is -2.31. The van der Waals surface area contributed by atoms with Crippen molar-refractivity contribution in [2.24, 2.45) is 5.41 Å². The summed E-state index contributed by atoms with van der Waals surface area (Å²) in [6.07, 6.45) is -0.536. The number of aryl methyl sites for hydroxylation is 1. The average molecular weight is 429 g/mol. The van der Waals surface area contributed by atoms with Crippen LogP contribution in [0.1, 0.15) is 38.6 Å². The highest BCUT2D eigenvalue weighted by atomic mass is 19.4. The zero-order chi connectivity index (χ0) is 22.0. The fourth-order valence-electron chi connectivity index (χ4n) is 4.02. The minimum atomic E-state index is -4.21. The Morgan fingerprint density at radius 1 is 1.19 bits per heavy atom. The van der Waals surface area contributed by atoms with Crippen LogP contribution < -0.4 is 5.32 Å². The summed E-state index contributed by atoms with van der Waals surface area (Å²) in [7, 11) is 0. The number of imidazole rings is 1. The molecule has 10 heteroatoms. The van der Waals surface area contributed by atoms with Gasteiger partial charge in [0.1, 0.15) is 17.0 Å². The first-order valence-corrected chi connectivity index (χ1v) is 10.2. The van der Waals surface area contributed by atoms with Gasteiger partial charge in [0.25, 0.3) is 0 Å². The van der Waals surface area contributed by atoms with Crippen LogP contribution in [0, 0.1) is 12.3 Å². The maximum absolute atomic E-state index is 13.1. The van der Waals surface area contributed by atoms with E-state index in [2.05, 4.69) is 43.7 Å². The zero-order valence-corrected chi connectivity index (χ0v) is 17.4. The predicted octanol–water partition coefficient (Wildman–Crippen LogP) is 5.01. The Labute approximate surface area is 176 Å². The minimum Gasteiger partial charge on any atom is -0.353 e. The largest absolute Gasteiger partial charge is 0.396 e. The third-order valence-electron chi connectivity index (χ3n) is 5.98. The molecule has 0 atom stereocenters. The molecule has 0 bridgehead atoms. The summed E-state index contributed by atoms with van der Waals surface area (Å²) in [5.74, 6) is 1.08. The minimum absolute atomic E-state index is 0.138. The topological polar surface area (TPSA) is 84.3 Å². The molecule has 0 aliphatic heterocycles. The molecule has 2 N–H and O–H groups in total. The van der Waals surface area contributed by atoms with Crippen molar-refractivity contribution < 1.29 is 13.2 Å². The molecule has 7 nitrogen and oxygen atoms in total. The molecule has 4 aromatic heterocycles. The maximum Gasteiger partial charge on any atom is 0.396 e. The lowest BCUT2D eigenvalue weighted by molar-refractivity contribution is -0.182. The summed E-state index contributed by atoms with van der Waals surface area (Å²) in [5, 5.41) is 3.50. The van der Waals surface area contributed by atoms with Crippen LogP contribution in [0.15, 0.2) is 24.5 Å². The van der Waals surface area contributed by atoms with Gasteiger partial charge < -0.3 is 14.9 Å². The molecule has 0 unspecified atom stereocenters. The number of H-pyrrole nitrogens is 1. The van der Waals surface area contributed by atoms with Crippen LogP contribution in [0.4, 0.5) is 19.1 Å².